The van der Waals surface area contributed by atoms with E-state index in [4.69, 9.17) is 0 Å². The molecule has 0 unspecified atom stereocenters. The van der Waals surface area contributed by atoms with Gasteiger partial charge in [0.25, 0.3) is 0 Å². The van der Waals surface area contributed by atoms with Gasteiger partial charge in [0, 0.05) is 0 Å². The van der Waals surface area contributed by atoms with Gasteiger partial charge in [0.2, 0.25) is 0 Å². The molecule has 0 atom stereocenters. The second-order valence-electron chi connectivity index (χ2n) is 10.9. The highest BCUT2D eigenvalue weighted by atomic mass is 14.2. The van der Waals surface area contributed by atoms with Gasteiger partial charge in [-0.05, 0) is 23.8 Å². The minimum Gasteiger partial charge on any atom is -0.0654 e. The van der Waals surface area contributed by atoms with Crippen molar-refractivity contribution in [3.63, 3.8) is 0 Å². The van der Waals surface area contributed by atoms with Gasteiger partial charge < -0.3 is 0 Å². The maximum Gasteiger partial charge on any atom is -0.0227 e. The number of rotatable bonds is 22. The van der Waals surface area contributed by atoms with Crippen molar-refractivity contribution in [1.29, 1.82) is 0 Å². The van der Waals surface area contributed by atoms with E-state index < -0.39 is 0 Å². The van der Waals surface area contributed by atoms with E-state index in [0.717, 1.165) is 0 Å². The van der Waals surface area contributed by atoms with Gasteiger partial charge in [-0.3, -0.25) is 0 Å². The highest BCUT2D eigenvalue weighted by Gasteiger charge is 2.17. The molecular formula is C31H56. The Bertz CT molecular complexity index is 472. The molecule has 1 rings (SSSR count). The van der Waals surface area contributed by atoms with Crippen molar-refractivity contribution in [3.8, 4) is 0 Å². The van der Waals surface area contributed by atoms with Crippen LogP contribution in [-0.2, 0) is 6.42 Å². The summed E-state index contributed by atoms with van der Waals surface area (Å²) >= 11 is 0. The number of benzene rings is 1. The Hall–Kier alpha value is -0.780. The van der Waals surface area contributed by atoms with E-state index >= 15 is 0 Å². The average molecular weight is 429 g/mol. The normalized spacial score (nSPS) is 11.8. The van der Waals surface area contributed by atoms with Crippen molar-refractivity contribution in [1.82, 2.24) is 0 Å². The predicted molar refractivity (Wildman–Crippen MR) is 142 cm³/mol. The molecule has 0 aliphatic rings. The van der Waals surface area contributed by atoms with Crippen molar-refractivity contribution in [2.45, 2.75) is 156 Å². The van der Waals surface area contributed by atoms with Crippen LogP contribution in [0.1, 0.15) is 155 Å². The van der Waals surface area contributed by atoms with Gasteiger partial charge in [0.15, 0.2) is 0 Å². The molecule has 0 saturated carbocycles. The number of hydrogen-bond acceptors (Lipinski definition) is 0. The zero-order valence-corrected chi connectivity index (χ0v) is 21.7. The lowest BCUT2D eigenvalue weighted by Gasteiger charge is -2.24. The maximum atomic E-state index is 2.44. The Morgan fingerprint density at radius 3 is 1.23 bits per heavy atom. The number of unbranched alkanes of at least 4 members (excludes halogenated alkanes) is 18. The van der Waals surface area contributed by atoms with Crippen LogP contribution in [-0.4, -0.2) is 0 Å². The third-order valence-electron chi connectivity index (χ3n) is 6.98. The van der Waals surface area contributed by atoms with Gasteiger partial charge in [-0.2, -0.15) is 0 Å². The first-order valence-electron chi connectivity index (χ1n) is 14.2. The van der Waals surface area contributed by atoms with Crippen molar-refractivity contribution in [2.24, 2.45) is 5.41 Å². The van der Waals surface area contributed by atoms with E-state index in [-0.39, 0.29) is 0 Å². The second-order valence-corrected chi connectivity index (χ2v) is 10.9. The Morgan fingerprint density at radius 1 is 0.484 bits per heavy atom. The third kappa shape index (κ3) is 18.5. The summed E-state index contributed by atoms with van der Waals surface area (Å²) in [6.07, 6.45) is 30.3. The third-order valence-corrected chi connectivity index (χ3v) is 6.98. The monoisotopic (exact) mass is 428 g/mol. The first kappa shape index (κ1) is 28.3. The fraction of sp³-hybridized carbons (Fsp3) is 0.806. The van der Waals surface area contributed by atoms with Gasteiger partial charge in [-0.15, -0.1) is 0 Å². The summed E-state index contributed by atoms with van der Waals surface area (Å²) in [5, 5.41) is 0. The Labute approximate surface area is 197 Å². The molecule has 31 heavy (non-hydrogen) atoms. The molecule has 180 valence electrons. The minimum absolute atomic E-state index is 0.440. The molecule has 1 aromatic carbocycles. The summed E-state index contributed by atoms with van der Waals surface area (Å²) in [5.41, 5.74) is 1.93. The quantitative estimate of drug-likeness (QED) is 0.161. The molecule has 0 radical (unpaired) electrons. The molecule has 0 aliphatic heterocycles. The number of hydrogen-bond donors (Lipinski definition) is 0. The Morgan fingerprint density at radius 2 is 0.839 bits per heavy atom. The highest BCUT2D eigenvalue weighted by molar-refractivity contribution is 5.16. The summed E-state index contributed by atoms with van der Waals surface area (Å²) < 4.78 is 0. The van der Waals surface area contributed by atoms with Crippen LogP contribution in [0.15, 0.2) is 30.3 Å². The molecule has 0 heterocycles. The fourth-order valence-electron chi connectivity index (χ4n) is 4.92. The van der Waals surface area contributed by atoms with Crippen LogP contribution in [0.3, 0.4) is 0 Å². The van der Waals surface area contributed by atoms with Crippen LogP contribution in [0, 0.1) is 5.41 Å². The van der Waals surface area contributed by atoms with E-state index in [9.17, 15) is 0 Å². The van der Waals surface area contributed by atoms with Crippen LogP contribution in [0.25, 0.3) is 0 Å². The topological polar surface area (TPSA) is 0 Å². The molecule has 0 nitrogen and oxygen atoms in total. The zero-order valence-electron chi connectivity index (χ0n) is 21.7. The van der Waals surface area contributed by atoms with Gasteiger partial charge in [-0.25, -0.2) is 0 Å². The molecule has 0 amide bonds. The molecule has 0 fully saturated rings. The van der Waals surface area contributed by atoms with Crippen molar-refractivity contribution in [2.75, 3.05) is 0 Å². The predicted octanol–water partition coefficient (Wildman–Crippen LogP) is 11.1. The molecule has 0 saturated heterocycles. The summed E-state index contributed by atoms with van der Waals surface area (Å²) in [7, 11) is 0. The van der Waals surface area contributed by atoms with Gasteiger partial charge in [-0.1, -0.05) is 173 Å². The lowest BCUT2D eigenvalue weighted by molar-refractivity contribution is 0.316. The van der Waals surface area contributed by atoms with Crippen LogP contribution < -0.4 is 0 Å². The van der Waals surface area contributed by atoms with Crippen molar-refractivity contribution >= 4 is 0 Å². The van der Waals surface area contributed by atoms with E-state index in [0.29, 0.717) is 5.41 Å². The molecule has 0 heteroatoms. The largest absolute Gasteiger partial charge is 0.0654 e. The molecule has 0 spiro atoms. The molecule has 1 aromatic rings. The molecule has 0 aromatic heterocycles. The first-order valence-corrected chi connectivity index (χ1v) is 14.2. The van der Waals surface area contributed by atoms with Gasteiger partial charge in [0.1, 0.15) is 0 Å². The molecule has 0 bridgehead atoms. The van der Waals surface area contributed by atoms with Crippen LogP contribution in [0.4, 0.5) is 0 Å². The van der Waals surface area contributed by atoms with Crippen LogP contribution in [0.2, 0.25) is 0 Å². The summed E-state index contributed by atoms with van der Waals surface area (Å²) in [4.78, 5) is 0. The average Bonchev–Trinajstić information content (AvgIpc) is 2.75. The fourth-order valence-corrected chi connectivity index (χ4v) is 4.92. The van der Waals surface area contributed by atoms with E-state index in [2.05, 4.69) is 51.1 Å². The Balaban J connectivity index is 1.78. The smallest absolute Gasteiger partial charge is 0.0227 e. The minimum atomic E-state index is 0.440. The summed E-state index contributed by atoms with van der Waals surface area (Å²) in [5.74, 6) is 0. The SMILES string of the molecule is CCCCCCCCCCCCCCCCCCCCCC(C)(C)Cc1ccccc1. The molecule has 0 N–H and O–H groups in total. The standard InChI is InChI=1S/C31H56/c1-4-5-6-7-8-9-10-11-12-13-14-15-16-17-18-19-20-21-25-28-31(2,3)29-30-26-23-22-24-27-30/h22-24,26-27H,4-21,25,28-29H2,1-3H3. The van der Waals surface area contributed by atoms with Crippen molar-refractivity contribution < 1.29 is 0 Å². The lowest BCUT2D eigenvalue weighted by Crippen LogP contribution is -2.14. The first-order chi connectivity index (χ1) is 15.1. The van der Waals surface area contributed by atoms with Crippen molar-refractivity contribution in [3.05, 3.63) is 35.9 Å². The molecular weight excluding hydrogens is 372 g/mol. The van der Waals surface area contributed by atoms with E-state index in [1.54, 1.807) is 0 Å². The molecule has 0 aliphatic carbocycles. The second kappa shape index (κ2) is 19.9. The van der Waals surface area contributed by atoms with Gasteiger partial charge in [0.05, 0.1) is 0 Å². The highest BCUT2D eigenvalue weighted by Crippen LogP contribution is 2.28. The zero-order chi connectivity index (χ0) is 22.5. The lowest BCUT2D eigenvalue weighted by atomic mass is 9.81. The van der Waals surface area contributed by atoms with Crippen LogP contribution >= 0.6 is 0 Å². The van der Waals surface area contributed by atoms with Gasteiger partial charge >= 0.3 is 0 Å². The van der Waals surface area contributed by atoms with E-state index in [1.807, 2.05) is 0 Å². The van der Waals surface area contributed by atoms with Crippen LogP contribution in [0.5, 0.6) is 0 Å². The summed E-state index contributed by atoms with van der Waals surface area (Å²) in [6, 6.07) is 11.0. The summed E-state index contributed by atoms with van der Waals surface area (Å²) in [6.45, 7) is 7.18. The Kier molecular flexibility index (Phi) is 18.1. The maximum absolute atomic E-state index is 2.44. The van der Waals surface area contributed by atoms with E-state index in [1.165, 1.54) is 140 Å².